The van der Waals surface area contributed by atoms with Gasteiger partial charge in [0.15, 0.2) is 0 Å². The fraction of sp³-hybridized carbons (Fsp3) is 0.143. The van der Waals surface area contributed by atoms with Crippen LogP contribution < -0.4 is 10.4 Å². The standard InChI is InChI=1S/C7H6F2N2O2/c1-2-3-13-6-4(8)5(9)10-7(12)11-6/h2H,1,3H2,(H,10,11,12). The van der Waals surface area contributed by atoms with E-state index >= 15 is 0 Å². The predicted octanol–water partition coefficient (Wildman–Crippen LogP) is 0.613. The molecule has 13 heavy (non-hydrogen) atoms. The number of ether oxygens (including phenoxy) is 1. The Bertz CT molecular complexity index is 375. The molecular formula is C7H6F2N2O2. The maximum absolute atomic E-state index is 12.7. The van der Waals surface area contributed by atoms with Gasteiger partial charge in [-0.2, -0.15) is 13.8 Å². The Kier molecular flexibility index (Phi) is 2.73. The second kappa shape index (κ2) is 3.79. The van der Waals surface area contributed by atoms with Crippen LogP contribution in [0.1, 0.15) is 0 Å². The van der Waals surface area contributed by atoms with Crippen molar-refractivity contribution in [2.45, 2.75) is 0 Å². The lowest BCUT2D eigenvalue weighted by atomic mass is 10.6. The molecule has 0 amide bonds. The van der Waals surface area contributed by atoms with Gasteiger partial charge in [-0.1, -0.05) is 12.7 Å². The molecule has 0 radical (unpaired) electrons. The summed E-state index contributed by atoms with van der Waals surface area (Å²) in [6, 6.07) is 0. The van der Waals surface area contributed by atoms with E-state index in [9.17, 15) is 13.6 Å². The number of H-pyrrole nitrogens is 1. The molecule has 0 aliphatic rings. The van der Waals surface area contributed by atoms with E-state index in [0.29, 0.717) is 0 Å². The average molecular weight is 188 g/mol. The van der Waals surface area contributed by atoms with Gasteiger partial charge in [0.2, 0.25) is 11.8 Å². The number of aromatic amines is 1. The minimum atomic E-state index is -1.39. The number of rotatable bonds is 3. The summed E-state index contributed by atoms with van der Waals surface area (Å²) in [6.07, 6.45) is 1.32. The van der Waals surface area contributed by atoms with Gasteiger partial charge >= 0.3 is 5.69 Å². The average Bonchev–Trinajstić information content (AvgIpc) is 2.09. The minimum Gasteiger partial charge on any atom is -0.471 e. The normalized spacial score (nSPS) is 9.69. The van der Waals surface area contributed by atoms with E-state index in [4.69, 9.17) is 0 Å². The zero-order chi connectivity index (χ0) is 9.84. The second-order valence-corrected chi connectivity index (χ2v) is 2.07. The first-order valence-corrected chi connectivity index (χ1v) is 3.34. The summed E-state index contributed by atoms with van der Waals surface area (Å²) in [4.78, 5) is 15.2. The van der Waals surface area contributed by atoms with Crippen molar-refractivity contribution in [3.63, 3.8) is 0 Å². The van der Waals surface area contributed by atoms with Crippen molar-refractivity contribution < 1.29 is 13.5 Å². The molecule has 0 atom stereocenters. The molecule has 1 aromatic heterocycles. The first kappa shape index (κ1) is 9.37. The molecule has 1 heterocycles. The van der Waals surface area contributed by atoms with Crippen molar-refractivity contribution in [3.05, 3.63) is 34.9 Å². The molecule has 0 saturated carbocycles. The van der Waals surface area contributed by atoms with Crippen LogP contribution in [-0.4, -0.2) is 16.6 Å². The molecule has 1 rings (SSSR count). The van der Waals surface area contributed by atoms with Crippen molar-refractivity contribution in [1.82, 2.24) is 9.97 Å². The summed E-state index contributed by atoms with van der Waals surface area (Å²) in [7, 11) is 0. The fourth-order valence-electron chi connectivity index (χ4n) is 0.645. The van der Waals surface area contributed by atoms with Crippen molar-refractivity contribution >= 4 is 0 Å². The molecule has 1 aromatic rings. The number of halogens is 2. The van der Waals surface area contributed by atoms with Gasteiger partial charge in [-0.3, -0.25) is 4.98 Å². The van der Waals surface area contributed by atoms with Crippen LogP contribution in [0.5, 0.6) is 5.88 Å². The van der Waals surface area contributed by atoms with Crippen LogP contribution in [0.4, 0.5) is 8.78 Å². The largest absolute Gasteiger partial charge is 0.471 e. The lowest BCUT2D eigenvalue weighted by Crippen LogP contribution is -2.16. The molecule has 0 spiro atoms. The summed E-state index contributed by atoms with van der Waals surface area (Å²) in [5, 5.41) is 0. The monoisotopic (exact) mass is 188 g/mol. The third-order valence-corrected chi connectivity index (χ3v) is 1.14. The molecule has 0 fully saturated rings. The van der Waals surface area contributed by atoms with Gasteiger partial charge in [0.05, 0.1) is 0 Å². The van der Waals surface area contributed by atoms with Crippen LogP contribution in [0.2, 0.25) is 0 Å². The number of hydrogen-bond acceptors (Lipinski definition) is 3. The highest BCUT2D eigenvalue weighted by Gasteiger charge is 2.12. The van der Waals surface area contributed by atoms with Gasteiger partial charge in [-0.25, -0.2) is 4.79 Å². The Morgan fingerprint density at radius 2 is 2.31 bits per heavy atom. The van der Waals surface area contributed by atoms with Crippen LogP contribution in [0.15, 0.2) is 17.4 Å². The number of aromatic nitrogens is 2. The number of nitrogens with zero attached hydrogens (tertiary/aromatic N) is 1. The highest BCUT2D eigenvalue weighted by Crippen LogP contribution is 2.11. The molecule has 4 nitrogen and oxygen atoms in total. The Balaban J connectivity index is 3.05. The van der Waals surface area contributed by atoms with Crippen molar-refractivity contribution in [3.8, 4) is 5.88 Å². The molecular weight excluding hydrogens is 182 g/mol. The van der Waals surface area contributed by atoms with Gasteiger partial charge < -0.3 is 4.74 Å². The van der Waals surface area contributed by atoms with Crippen LogP contribution in [0.25, 0.3) is 0 Å². The lowest BCUT2D eigenvalue weighted by Gasteiger charge is -2.01. The van der Waals surface area contributed by atoms with Crippen LogP contribution in [0.3, 0.4) is 0 Å². The molecule has 0 unspecified atom stereocenters. The maximum atomic E-state index is 12.7. The maximum Gasteiger partial charge on any atom is 0.350 e. The Morgan fingerprint density at radius 3 is 2.92 bits per heavy atom. The first-order chi connectivity index (χ1) is 6.15. The van der Waals surface area contributed by atoms with E-state index in [0.717, 1.165) is 0 Å². The topological polar surface area (TPSA) is 55.0 Å². The van der Waals surface area contributed by atoms with Gasteiger partial charge in [-0.05, 0) is 0 Å². The Labute approximate surface area is 71.9 Å². The smallest absolute Gasteiger partial charge is 0.350 e. The molecule has 6 heteroatoms. The summed E-state index contributed by atoms with van der Waals surface area (Å²) in [5.74, 6) is -3.37. The van der Waals surface area contributed by atoms with Crippen molar-refractivity contribution in [1.29, 1.82) is 0 Å². The van der Waals surface area contributed by atoms with Crippen molar-refractivity contribution in [2.24, 2.45) is 0 Å². The molecule has 0 aromatic carbocycles. The van der Waals surface area contributed by atoms with E-state index in [2.05, 4.69) is 16.3 Å². The number of hydrogen-bond donors (Lipinski definition) is 1. The summed E-state index contributed by atoms with van der Waals surface area (Å²) >= 11 is 0. The van der Waals surface area contributed by atoms with Crippen LogP contribution in [0, 0.1) is 11.8 Å². The molecule has 0 aliphatic carbocycles. The fourth-order valence-corrected chi connectivity index (χ4v) is 0.645. The van der Waals surface area contributed by atoms with Crippen LogP contribution in [-0.2, 0) is 0 Å². The van der Waals surface area contributed by atoms with E-state index in [1.807, 2.05) is 0 Å². The molecule has 1 N–H and O–H groups in total. The molecule has 0 saturated heterocycles. The van der Waals surface area contributed by atoms with E-state index in [1.54, 1.807) is 4.98 Å². The second-order valence-electron chi connectivity index (χ2n) is 2.07. The SMILES string of the molecule is C=CCOc1nc(=O)[nH]c(F)c1F. The molecule has 0 bridgehead atoms. The van der Waals surface area contributed by atoms with E-state index in [-0.39, 0.29) is 6.61 Å². The Morgan fingerprint density at radius 1 is 1.62 bits per heavy atom. The molecule has 0 aliphatic heterocycles. The third kappa shape index (κ3) is 2.11. The quantitative estimate of drug-likeness (QED) is 0.558. The highest BCUT2D eigenvalue weighted by atomic mass is 19.2. The van der Waals surface area contributed by atoms with E-state index < -0.39 is 23.3 Å². The van der Waals surface area contributed by atoms with Gasteiger partial charge in [0.25, 0.3) is 5.88 Å². The Hall–Kier alpha value is -1.72. The lowest BCUT2D eigenvalue weighted by molar-refractivity contribution is 0.310. The third-order valence-electron chi connectivity index (χ3n) is 1.14. The van der Waals surface area contributed by atoms with Gasteiger partial charge in [0.1, 0.15) is 6.61 Å². The van der Waals surface area contributed by atoms with Crippen LogP contribution >= 0.6 is 0 Å². The van der Waals surface area contributed by atoms with E-state index in [1.165, 1.54) is 6.08 Å². The molecule has 70 valence electrons. The summed E-state index contributed by atoms with van der Waals surface area (Å²) in [6.45, 7) is 3.25. The summed E-state index contributed by atoms with van der Waals surface area (Å²) < 4.78 is 29.8. The predicted molar refractivity (Wildman–Crippen MR) is 40.5 cm³/mol. The summed E-state index contributed by atoms with van der Waals surface area (Å²) in [5.41, 5.74) is -1.00. The number of nitrogens with one attached hydrogen (secondary N) is 1. The van der Waals surface area contributed by atoms with Gasteiger partial charge in [-0.15, -0.1) is 0 Å². The first-order valence-electron chi connectivity index (χ1n) is 3.34. The highest BCUT2D eigenvalue weighted by molar-refractivity contribution is 5.10. The minimum absolute atomic E-state index is 0.0488. The van der Waals surface area contributed by atoms with Crippen molar-refractivity contribution in [2.75, 3.05) is 6.61 Å². The van der Waals surface area contributed by atoms with Gasteiger partial charge in [0, 0.05) is 0 Å². The zero-order valence-electron chi connectivity index (χ0n) is 6.51. The zero-order valence-corrected chi connectivity index (χ0v) is 6.51.